The van der Waals surface area contributed by atoms with Gasteiger partial charge in [-0.05, 0) is 56.6 Å². The van der Waals surface area contributed by atoms with E-state index in [1.165, 1.54) is 24.0 Å². The molecule has 28 heavy (non-hydrogen) atoms. The average molecular weight is 382 g/mol. The fourth-order valence-electron chi connectivity index (χ4n) is 3.53. The van der Waals surface area contributed by atoms with E-state index in [9.17, 15) is 0 Å². The molecule has 0 unspecified atom stereocenters. The quantitative estimate of drug-likeness (QED) is 0.670. The molecule has 2 heterocycles. The number of rotatable bonds is 9. The number of piperidine rings is 1. The monoisotopic (exact) mass is 381 g/mol. The minimum Gasteiger partial charge on any atom is -0.493 e. The Balaban J connectivity index is 1.52. The number of pyridine rings is 1. The number of ether oxygens (including phenoxy) is 2. The zero-order valence-corrected chi connectivity index (χ0v) is 17.0. The molecule has 0 radical (unpaired) electrons. The van der Waals surface area contributed by atoms with E-state index in [4.69, 9.17) is 9.47 Å². The highest BCUT2D eigenvalue weighted by Gasteiger charge is 2.18. The number of likely N-dealkylation sites (tertiary alicyclic amines) is 1. The molecule has 0 atom stereocenters. The lowest BCUT2D eigenvalue weighted by molar-refractivity contribution is 0.211. The normalized spacial score (nSPS) is 15.4. The molecule has 3 rings (SSSR count). The van der Waals surface area contributed by atoms with Crippen LogP contribution in [0.15, 0.2) is 54.9 Å². The molecule has 2 aromatic rings. The third-order valence-corrected chi connectivity index (χ3v) is 5.02. The van der Waals surface area contributed by atoms with E-state index < -0.39 is 0 Å². The van der Waals surface area contributed by atoms with Crippen molar-refractivity contribution in [2.75, 3.05) is 26.7 Å². The largest absolute Gasteiger partial charge is 0.493 e. The zero-order chi connectivity index (χ0) is 19.8. The summed E-state index contributed by atoms with van der Waals surface area (Å²) >= 11 is 0. The molecule has 0 saturated carbocycles. The lowest BCUT2D eigenvalue weighted by atomic mass is 10.0. The van der Waals surface area contributed by atoms with Gasteiger partial charge in [-0.3, -0.25) is 9.88 Å². The Morgan fingerprint density at radius 2 is 2.04 bits per heavy atom. The molecule has 1 N–H and O–H groups in total. The molecular weight excluding hydrogens is 350 g/mol. The Labute approximate surface area is 168 Å². The second-order valence-electron chi connectivity index (χ2n) is 7.52. The van der Waals surface area contributed by atoms with E-state index in [-0.39, 0.29) is 0 Å². The minimum absolute atomic E-state index is 0.474. The summed E-state index contributed by atoms with van der Waals surface area (Å²) in [7, 11) is 1.67. The maximum absolute atomic E-state index is 5.99. The van der Waals surface area contributed by atoms with Crippen molar-refractivity contribution < 1.29 is 9.47 Å². The molecule has 0 amide bonds. The first-order valence-electron chi connectivity index (χ1n) is 9.93. The van der Waals surface area contributed by atoms with Gasteiger partial charge in [-0.1, -0.05) is 24.3 Å². The maximum atomic E-state index is 5.99. The Hall–Kier alpha value is -2.37. The summed E-state index contributed by atoms with van der Waals surface area (Å²) in [6.45, 7) is 10.7. The van der Waals surface area contributed by atoms with Crippen molar-refractivity contribution in [3.63, 3.8) is 0 Å². The van der Waals surface area contributed by atoms with Gasteiger partial charge in [0.05, 0.1) is 7.11 Å². The first kappa shape index (κ1) is 20.4. The number of aromatic nitrogens is 1. The van der Waals surface area contributed by atoms with Gasteiger partial charge in [0.2, 0.25) is 0 Å². The highest BCUT2D eigenvalue weighted by Crippen LogP contribution is 2.29. The van der Waals surface area contributed by atoms with Crippen LogP contribution in [-0.4, -0.2) is 42.7 Å². The van der Waals surface area contributed by atoms with Crippen LogP contribution in [0.4, 0.5) is 0 Å². The van der Waals surface area contributed by atoms with Crippen LogP contribution in [0.2, 0.25) is 0 Å². The summed E-state index contributed by atoms with van der Waals surface area (Å²) in [5.41, 5.74) is 3.48. The third kappa shape index (κ3) is 6.08. The van der Waals surface area contributed by atoms with Crippen LogP contribution in [-0.2, 0) is 13.2 Å². The van der Waals surface area contributed by atoms with Gasteiger partial charge in [-0.15, -0.1) is 0 Å². The van der Waals surface area contributed by atoms with Gasteiger partial charge in [-0.25, -0.2) is 0 Å². The summed E-state index contributed by atoms with van der Waals surface area (Å²) in [5.74, 6) is 1.52. The van der Waals surface area contributed by atoms with Crippen molar-refractivity contribution in [2.24, 2.45) is 0 Å². The molecule has 1 aromatic heterocycles. The highest BCUT2D eigenvalue weighted by atomic mass is 16.5. The number of nitrogens with zero attached hydrogens (tertiary/aromatic N) is 2. The lowest BCUT2D eigenvalue weighted by Gasteiger charge is -2.32. The molecule has 150 valence electrons. The Morgan fingerprint density at radius 3 is 2.71 bits per heavy atom. The maximum Gasteiger partial charge on any atom is 0.161 e. The molecule has 1 aromatic carbocycles. The SMILES string of the molecule is C=C(C)CN1CCC(NCc2ccc(OC)c(OCc3cccnc3)c2)CC1. The molecule has 1 aliphatic rings. The molecule has 5 heteroatoms. The van der Waals surface area contributed by atoms with Crippen LogP contribution in [0, 0.1) is 0 Å². The predicted molar refractivity (Wildman–Crippen MR) is 113 cm³/mol. The molecule has 0 aliphatic carbocycles. The van der Waals surface area contributed by atoms with Crippen molar-refractivity contribution in [1.29, 1.82) is 0 Å². The summed E-state index contributed by atoms with van der Waals surface area (Å²) in [6.07, 6.45) is 5.93. The van der Waals surface area contributed by atoms with Crippen molar-refractivity contribution in [3.05, 3.63) is 66.0 Å². The summed E-state index contributed by atoms with van der Waals surface area (Å²) in [4.78, 5) is 6.61. The average Bonchev–Trinajstić information content (AvgIpc) is 2.72. The minimum atomic E-state index is 0.474. The number of methoxy groups -OCH3 is 1. The lowest BCUT2D eigenvalue weighted by Crippen LogP contribution is -2.42. The summed E-state index contributed by atoms with van der Waals surface area (Å²) < 4.78 is 11.4. The van der Waals surface area contributed by atoms with E-state index in [1.54, 1.807) is 13.3 Å². The van der Waals surface area contributed by atoms with Crippen molar-refractivity contribution in [3.8, 4) is 11.5 Å². The van der Waals surface area contributed by atoms with Crippen LogP contribution >= 0.6 is 0 Å². The van der Waals surface area contributed by atoms with E-state index in [0.717, 1.165) is 43.2 Å². The smallest absolute Gasteiger partial charge is 0.161 e. The van der Waals surface area contributed by atoms with E-state index in [1.807, 2.05) is 24.4 Å². The van der Waals surface area contributed by atoms with Gasteiger partial charge in [0.1, 0.15) is 6.61 Å². The Kier molecular flexibility index (Phi) is 7.46. The molecule has 1 fully saturated rings. The molecule has 5 nitrogen and oxygen atoms in total. The van der Waals surface area contributed by atoms with Gasteiger partial charge in [0, 0.05) is 37.1 Å². The standard InChI is InChI=1S/C23H31N3O2/c1-18(2)16-26-11-8-21(9-12-26)25-15-19-6-7-22(27-3)23(13-19)28-17-20-5-4-10-24-14-20/h4-7,10,13-14,21,25H,1,8-9,11-12,15-17H2,2-3H3. The van der Waals surface area contributed by atoms with Crippen LogP contribution in [0.1, 0.15) is 30.9 Å². The summed E-state index contributed by atoms with van der Waals surface area (Å²) in [6, 6.07) is 10.6. The van der Waals surface area contributed by atoms with Crippen LogP contribution in [0.3, 0.4) is 0 Å². The third-order valence-electron chi connectivity index (χ3n) is 5.02. The highest BCUT2D eigenvalue weighted by molar-refractivity contribution is 5.43. The zero-order valence-electron chi connectivity index (χ0n) is 17.0. The van der Waals surface area contributed by atoms with Crippen molar-refractivity contribution >= 4 is 0 Å². The molecule has 1 saturated heterocycles. The van der Waals surface area contributed by atoms with Gasteiger partial charge in [-0.2, -0.15) is 0 Å². The fraction of sp³-hybridized carbons (Fsp3) is 0.435. The van der Waals surface area contributed by atoms with Gasteiger partial charge in [0.25, 0.3) is 0 Å². The Morgan fingerprint density at radius 1 is 1.21 bits per heavy atom. The van der Waals surface area contributed by atoms with E-state index >= 15 is 0 Å². The number of benzene rings is 1. The Bertz CT molecular complexity index is 756. The number of hydrogen-bond acceptors (Lipinski definition) is 5. The van der Waals surface area contributed by atoms with Crippen LogP contribution < -0.4 is 14.8 Å². The second-order valence-corrected chi connectivity index (χ2v) is 7.52. The first-order chi connectivity index (χ1) is 13.6. The fourth-order valence-corrected chi connectivity index (χ4v) is 3.53. The van der Waals surface area contributed by atoms with E-state index in [0.29, 0.717) is 12.6 Å². The van der Waals surface area contributed by atoms with Gasteiger partial charge in [0.15, 0.2) is 11.5 Å². The first-order valence-corrected chi connectivity index (χ1v) is 9.93. The van der Waals surface area contributed by atoms with Crippen molar-refractivity contribution in [1.82, 2.24) is 15.2 Å². The van der Waals surface area contributed by atoms with Crippen molar-refractivity contribution in [2.45, 2.75) is 39.0 Å². The van der Waals surface area contributed by atoms with Gasteiger partial charge < -0.3 is 14.8 Å². The molecule has 0 bridgehead atoms. The summed E-state index contributed by atoms with van der Waals surface area (Å²) in [5, 5.41) is 3.69. The number of nitrogens with one attached hydrogen (secondary N) is 1. The number of hydrogen-bond donors (Lipinski definition) is 1. The topological polar surface area (TPSA) is 46.6 Å². The predicted octanol–water partition coefficient (Wildman–Crippen LogP) is 3.80. The van der Waals surface area contributed by atoms with Crippen LogP contribution in [0.5, 0.6) is 11.5 Å². The molecule has 0 spiro atoms. The van der Waals surface area contributed by atoms with Crippen LogP contribution in [0.25, 0.3) is 0 Å². The molecular formula is C23H31N3O2. The molecule has 1 aliphatic heterocycles. The van der Waals surface area contributed by atoms with Gasteiger partial charge >= 0.3 is 0 Å². The second kappa shape index (κ2) is 10.2. The van der Waals surface area contributed by atoms with E-state index in [2.05, 4.69) is 40.8 Å².